The van der Waals surface area contributed by atoms with Gasteiger partial charge in [-0.1, -0.05) is 6.07 Å². The lowest BCUT2D eigenvalue weighted by atomic mass is 9.67. The average molecular weight is 202 g/mol. The fourth-order valence-electron chi connectivity index (χ4n) is 3.11. The van der Waals surface area contributed by atoms with Crippen molar-refractivity contribution in [1.29, 1.82) is 0 Å². The highest BCUT2D eigenvalue weighted by Crippen LogP contribution is 2.43. The first-order chi connectivity index (χ1) is 7.36. The Bertz CT molecular complexity index is 361. The fraction of sp³-hybridized carbons (Fsp3) is 0.615. The van der Waals surface area contributed by atoms with Crippen LogP contribution < -0.4 is 5.73 Å². The Hall–Kier alpha value is -0.890. The molecule has 1 heterocycles. The van der Waals surface area contributed by atoms with Gasteiger partial charge in [0.15, 0.2) is 0 Å². The van der Waals surface area contributed by atoms with Gasteiger partial charge < -0.3 is 5.73 Å². The van der Waals surface area contributed by atoms with Crippen LogP contribution in [0.5, 0.6) is 0 Å². The predicted octanol–water partition coefficient (Wildman–Crippen LogP) is 2.24. The summed E-state index contributed by atoms with van der Waals surface area (Å²) >= 11 is 0. The molecule has 2 N–H and O–H groups in total. The van der Waals surface area contributed by atoms with E-state index in [2.05, 4.69) is 17.1 Å². The van der Waals surface area contributed by atoms with Crippen LogP contribution in [0.1, 0.15) is 42.9 Å². The van der Waals surface area contributed by atoms with Gasteiger partial charge in [0.25, 0.3) is 0 Å². The molecule has 2 aliphatic carbocycles. The van der Waals surface area contributed by atoms with E-state index in [1.54, 1.807) is 0 Å². The predicted molar refractivity (Wildman–Crippen MR) is 60.6 cm³/mol. The Labute approximate surface area is 90.9 Å². The van der Waals surface area contributed by atoms with Crippen LogP contribution in [0.4, 0.5) is 0 Å². The number of nitrogens with zero attached hydrogens (tertiary/aromatic N) is 1. The summed E-state index contributed by atoms with van der Waals surface area (Å²) in [5.74, 6) is 1.36. The third kappa shape index (κ3) is 1.48. The Morgan fingerprint density at radius 2 is 2.20 bits per heavy atom. The molecule has 3 atom stereocenters. The third-order valence-electron chi connectivity index (χ3n) is 4.14. The first-order valence-electron chi connectivity index (χ1n) is 6.05. The molecule has 0 saturated heterocycles. The number of rotatable bonds is 1. The van der Waals surface area contributed by atoms with Gasteiger partial charge in [-0.05, 0) is 49.7 Å². The lowest BCUT2D eigenvalue weighted by molar-refractivity contribution is 0.196. The van der Waals surface area contributed by atoms with Gasteiger partial charge in [-0.3, -0.25) is 4.98 Å². The molecule has 0 aromatic carbocycles. The number of aryl methyl sites for hydroxylation is 1. The van der Waals surface area contributed by atoms with Crippen molar-refractivity contribution in [3.05, 3.63) is 29.6 Å². The van der Waals surface area contributed by atoms with Crippen molar-refractivity contribution in [2.45, 2.75) is 44.1 Å². The molecule has 2 heteroatoms. The molecular formula is C13H18N2. The van der Waals surface area contributed by atoms with Crippen molar-refractivity contribution in [3.63, 3.8) is 0 Å². The quantitative estimate of drug-likeness (QED) is 0.758. The highest BCUT2D eigenvalue weighted by Gasteiger charge is 2.37. The Morgan fingerprint density at radius 1 is 1.27 bits per heavy atom. The molecule has 15 heavy (non-hydrogen) atoms. The topological polar surface area (TPSA) is 38.9 Å². The lowest BCUT2D eigenvalue weighted by Gasteiger charge is -2.41. The molecule has 0 bridgehead atoms. The van der Waals surface area contributed by atoms with Crippen molar-refractivity contribution >= 4 is 0 Å². The zero-order chi connectivity index (χ0) is 10.3. The minimum absolute atomic E-state index is 0.433. The molecule has 3 rings (SSSR count). The van der Waals surface area contributed by atoms with Gasteiger partial charge in [-0.2, -0.15) is 0 Å². The van der Waals surface area contributed by atoms with Gasteiger partial charge in [0.05, 0.1) is 0 Å². The van der Waals surface area contributed by atoms with Gasteiger partial charge >= 0.3 is 0 Å². The molecule has 1 saturated carbocycles. The van der Waals surface area contributed by atoms with Crippen molar-refractivity contribution < 1.29 is 0 Å². The molecule has 2 aliphatic rings. The van der Waals surface area contributed by atoms with Crippen LogP contribution >= 0.6 is 0 Å². The number of pyridine rings is 1. The van der Waals surface area contributed by atoms with Crippen molar-refractivity contribution in [3.8, 4) is 0 Å². The minimum atomic E-state index is 0.433. The molecule has 0 amide bonds. The van der Waals surface area contributed by atoms with Crippen LogP contribution in [0.25, 0.3) is 0 Å². The molecule has 0 radical (unpaired) electrons. The molecule has 0 aliphatic heterocycles. The van der Waals surface area contributed by atoms with Crippen LogP contribution in [0, 0.1) is 5.92 Å². The van der Waals surface area contributed by atoms with Crippen LogP contribution in [0.3, 0.4) is 0 Å². The van der Waals surface area contributed by atoms with E-state index in [1.807, 2.05) is 6.20 Å². The smallest absolute Gasteiger partial charge is 0.0469 e. The molecule has 1 aromatic rings. The Balaban J connectivity index is 1.92. The second kappa shape index (κ2) is 3.60. The molecule has 0 spiro atoms. The standard InChI is InChI=1S/C13H18N2/c14-12-7-6-10(12)11-5-1-3-9-4-2-8-15-13(9)11/h2,4,8,10-12H,1,3,5-7,14H2. The van der Waals surface area contributed by atoms with E-state index < -0.39 is 0 Å². The van der Waals surface area contributed by atoms with E-state index >= 15 is 0 Å². The van der Waals surface area contributed by atoms with Crippen LogP contribution in [-0.4, -0.2) is 11.0 Å². The second-order valence-corrected chi connectivity index (χ2v) is 4.95. The zero-order valence-corrected chi connectivity index (χ0v) is 9.02. The molecule has 1 aromatic heterocycles. The molecule has 3 unspecified atom stereocenters. The van der Waals surface area contributed by atoms with Crippen LogP contribution in [-0.2, 0) is 6.42 Å². The summed E-state index contributed by atoms with van der Waals surface area (Å²) in [6.45, 7) is 0. The molecular weight excluding hydrogens is 184 g/mol. The van der Waals surface area contributed by atoms with Crippen molar-refractivity contribution in [1.82, 2.24) is 4.98 Å². The van der Waals surface area contributed by atoms with Crippen molar-refractivity contribution in [2.75, 3.05) is 0 Å². The average Bonchev–Trinajstić information content (AvgIpc) is 2.28. The summed E-state index contributed by atoms with van der Waals surface area (Å²) in [6, 6.07) is 4.73. The summed E-state index contributed by atoms with van der Waals surface area (Å²) < 4.78 is 0. The van der Waals surface area contributed by atoms with Gasteiger partial charge in [-0.15, -0.1) is 0 Å². The number of hydrogen-bond acceptors (Lipinski definition) is 2. The third-order valence-corrected chi connectivity index (χ3v) is 4.14. The van der Waals surface area contributed by atoms with Crippen molar-refractivity contribution in [2.24, 2.45) is 11.7 Å². The number of hydrogen-bond donors (Lipinski definition) is 1. The SMILES string of the molecule is NC1CCC1C1CCCc2cccnc21. The summed E-state index contributed by atoms with van der Waals surface area (Å²) in [5.41, 5.74) is 8.90. The molecule has 80 valence electrons. The Morgan fingerprint density at radius 3 is 2.93 bits per heavy atom. The number of fused-ring (bicyclic) bond motifs is 1. The summed E-state index contributed by atoms with van der Waals surface area (Å²) in [6.07, 6.45) is 8.27. The minimum Gasteiger partial charge on any atom is -0.327 e. The van der Waals surface area contributed by atoms with Gasteiger partial charge in [0.2, 0.25) is 0 Å². The fourth-order valence-corrected chi connectivity index (χ4v) is 3.11. The van der Waals surface area contributed by atoms with E-state index in [0.29, 0.717) is 17.9 Å². The summed E-state index contributed by atoms with van der Waals surface area (Å²) in [7, 11) is 0. The lowest BCUT2D eigenvalue weighted by Crippen LogP contribution is -2.43. The second-order valence-electron chi connectivity index (χ2n) is 4.95. The number of aromatic nitrogens is 1. The monoisotopic (exact) mass is 202 g/mol. The van der Waals surface area contributed by atoms with E-state index in [-0.39, 0.29) is 0 Å². The largest absolute Gasteiger partial charge is 0.327 e. The zero-order valence-electron chi connectivity index (χ0n) is 9.02. The summed E-state index contributed by atoms with van der Waals surface area (Å²) in [5, 5.41) is 0. The van der Waals surface area contributed by atoms with Gasteiger partial charge in [0, 0.05) is 23.9 Å². The molecule has 1 fully saturated rings. The van der Waals surface area contributed by atoms with Gasteiger partial charge in [0.1, 0.15) is 0 Å². The van der Waals surface area contributed by atoms with E-state index in [0.717, 1.165) is 0 Å². The maximum Gasteiger partial charge on any atom is 0.0469 e. The summed E-state index contributed by atoms with van der Waals surface area (Å²) in [4.78, 5) is 4.58. The maximum atomic E-state index is 6.08. The van der Waals surface area contributed by atoms with Crippen LogP contribution in [0.15, 0.2) is 18.3 Å². The first-order valence-corrected chi connectivity index (χ1v) is 6.05. The highest BCUT2D eigenvalue weighted by atomic mass is 14.7. The normalized spacial score (nSPS) is 34.3. The Kier molecular flexibility index (Phi) is 2.24. The van der Waals surface area contributed by atoms with E-state index in [1.165, 1.54) is 43.4 Å². The maximum absolute atomic E-state index is 6.08. The van der Waals surface area contributed by atoms with Gasteiger partial charge in [-0.25, -0.2) is 0 Å². The van der Waals surface area contributed by atoms with Crippen LogP contribution in [0.2, 0.25) is 0 Å². The molecule has 2 nitrogen and oxygen atoms in total. The number of nitrogens with two attached hydrogens (primary N) is 1. The first kappa shape index (κ1) is 9.34. The van der Waals surface area contributed by atoms with E-state index in [4.69, 9.17) is 5.73 Å². The highest BCUT2D eigenvalue weighted by molar-refractivity contribution is 5.27. The van der Waals surface area contributed by atoms with E-state index in [9.17, 15) is 0 Å².